The second-order valence-electron chi connectivity index (χ2n) is 8.62. The smallest absolute Gasteiger partial charge is 0.416 e. The van der Waals surface area contributed by atoms with E-state index in [9.17, 15) is 22.1 Å². The van der Waals surface area contributed by atoms with Crippen molar-refractivity contribution in [2.75, 3.05) is 10.8 Å². The molecule has 8 heteroatoms. The lowest BCUT2D eigenvalue weighted by Crippen LogP contribution is -2.44. The summed E-state index contributed by atoms with van der Waals surface area (Å²) in [5.41, 5.74) is 2.30. The average molecular weight is 526 g/mol. The van der Waals surface area contributed by atoms with Crippen molar-refractivity contribution in [2.45, 2.75) is 31.3 Å². The molecule has 1 unspecified atom stereocenters. The molecule has 0 saturated carbocycles. The summed E-state index contributed by atoms with van der Waals surface area (Å²) in [6, 6.07) is 15.1. The largest absolute Gasteiger partial charge is 0.588 e. The number of hydrogen-bond acceptors (Lipinski definition) is 2. The average Bonchev–Trinajstić information content (AvgIpc) is 2.73. The minimum absolute atomic E-state index is 0.199. The lowest BCUT2D eigenvalue weighted by atomic mass is 9.81. The Balaban J connectivity index is 1.70. The molecule has 2 nitrogen and oxygen atoms in total. The van der Waals surface area contributed by atoms with Crippen LogP contribution in [0.15, 0.2) is 70.0 Å². The van der Waals surface area contributed by atoms with Crippen molar-refractivity contribution in [1.82, 2.24) is 0 Å². The Morgan fingerprint density at radius 3 is 2.25 bits per heavy atom. The van der Waals surface area contributed by atoms with Gasteiger partial charge < -0.3 is 4.55 Å². The number of nitrogens with zero attached hydrogens (tertiary/aromatic N) is 1. The molecule has 0 radical (unpaired) electrons. The number of rotatable bonds is 3. The molecule has 0 aromatic heterocycles. The number of anilines is 1. The van der Waals surface area contributed by atoms with Crippen LogP contribution in [0.25, 0.3) is 11.1 Å². The molecule has 1 heterocycles. The van der Waals surface area contributed by atoms with E-state index in [1.165, 1.54) is 24.3 Å². The monoisotopic (exact) mass is 525 g/mol. The summed E-state index contributed by atoms with van der Waals surface area (Å²) in [4.78, 5) is 0.362. The Kier molecular flexibility index (Phi) is 6.07. The zero-order chi connectivity index (χ0) is 23.3. The van der Waals surface area contributed by atoms with Crippen LogP contribution in [0.4, 0.5) is 23.2 Å². The summed E-state index contributed by atoms with van der Waals surface area (Å²) in [5.74, 6) is -0.481. The van der Waals surface area contributed by atoms with E-state index in [-0.39, 0.29) is 5.41 Å². The third-order valence-electron chi connectivity index (χ3n) is 5.43. The first-order chi connectivity index (χ1) is 14.9. The Bertz CT molecular complexity index is 1150. The van der Waals surface area contributed by atoms with Gasteiger partial charge in [0.2, 0.25) is 0 Å². The molecule has 1 atom stereocenters. The second-order valence-corrected chi connectivity index (χ2v) is 10.9. The molecule has 0 N–H and O–H groups in total. The van der Waals surface area contributed by atoms with Crippen LogP contribution in [0, 0.1) is 11.2 Å². The van der Waals surface area contributed by atoms with Crippen LogP contribution < -0.4 is 4.31 Å². The van der Waals surface area contributed by atoms with Crippen molar-refractivity contribution in [3.05, 3.63) is 82.1 Å². The highest BCUT2D eigenvalue weighted by Gasteiger charge is 2.37. The predicted octanol–water partition coefficient (Wildman–Crippen LogP) is 7.39. The van der Waals surface area contributed by atoms with Gasteiger partial charge in [-0.25, -0.2) is 4.39 Å². The third kappa shape index (κ3) is 4.67. The van der Waals surface area contributed by atoms with Gasteiger partial charge >= 0.3 is 6.18 Å². The van der Waals surface area contributed by atoms with Crippen LogP contribution in [0.1, 0.15) is 25.0 Å². The summed E-state index contributed by atoms with van der Waals surface area (Å²) in [7, 11) is 0. The first-order valence-corrected chi connectivity index (χ1v) is 11.8. The highest BCUT2D eigenvalue weighted by molar-refractivity contribution is 9.10. The van der Waals surface area contributed by atoms with Gasteiger partial charge in [-0.05, 0) is 80.9 Å². The maximum atomic E-state index is 14.0. The summed E-state index contributed by atoms with van der Waals surface area (Å²) in [5, 5.41) is 0. The topological polar surface area (TPSA) is 26.3 Å². The zero-order valence-electron chi connectivity index (χ0n) is 17.3. The number of fused-ring (bicyclic) bond motifs is 1. The quantitative estimate of drug-likeness (QED) is 0.263. The van der Waals surface area contributed by atoms with E-state index >= 15 is 0 Å². The maximum Gasteiger partial charge on any atom is 0.416 e. The zero-order valence-corrected chi connectivity index (χ0v) is 19.7. The third-order valence-corrected chi connectivity index (χ3v) is 7.45. The van der Waals surface area contributed by atoms with E-state index in [4.69, 9.17) is 0 Å². The van der Waals surface area contributed by atoms with Gasteiger partial charge in [-0.2, -0.15) is 17.5 Å². The van der Waals surface area contributed by atoms with Gasteiger partial charge in [0.15, 0.2) is 4.90 Å². The van der Waals surface area contributed by atoms with Crippen molar-refractivity contribution in [3.63, 3.8) is 0 Å². The van der Waals surface area contributed by atoms with E-state index in [0.29, 0.717) is 21.5 Å². The van der Waals surface area contributed by atoms with Crippen molar-refractivity contribution in [1.29, 1.82) is 0 Å². The summed E-state index contributed by atoms with van der Waals surface area (Å²) >= 11 is 1.50. The molecule has 0 bridgehead atoms. The molecule has 0 amide bonds. The first-order valence-electron chi connectivity index (χ1n) is 9.90. The van der Waals surface area contributed by atoms with Crippen LogP contribution in [-0.4, -0.2) is 11.1 Å². The lowest BCUT2D eigenvalue weighted by Gasteiger charge is -2.39. The van der Waals surface area contributed by atoms with Gasteiger partial charge in [0.05, 0.1) is 22.3 Å². The van der Waals surface area contributed by atoms with Crippen LogP contribution in [0.3, 0.4) is 0 Å². The Morgan fingerprint density at radius 2 is 1.62 bits per heavy atom. The molecule has 3 aromatic rings. The first kappa shape index (κ1) is 23.1. The van der Waals surface area contributed by atoms with E-state index in [1.54, 1.807) is 10.4 Å². The van der Waals surface area contributed by atoms with Crippen molar-refractivity contribution in [3.8, 4) is 11.1 Å². The van der Waals surface area contributed by atoms with Crippen molar-refractivity contribution in [2.24, 2.45) is 5.41 Å². The maximum absolute atomic E-state index is 14.0. The Hall–Kier alpha value is -2.03. The van der Waals surface area contributed by atoms with Crippen molar-refractivity contribution >= 4 is 33.0 Å². The fraction of sp³-hybridized carbons (Fsp3) is 0.250. The number of halogens is 5. The molecule has 3 aromatic carbocycles. The fourth-order valence-corrected chi connectivity index (χ4v) is 5.62. The number of hydrogen-bond donors (Lipinski definition) is 0. The Morgan fingerprint density at radius 1 is 0.969 bits per heavy atom. The van der Waals surface area contributed by atoms with Gasteiger partial charge in [0.25, 0.3) is 0 Å². The SMILES string of the molecule is CC1(C)Cc2cc(-c3ccc(C(F)(F)F)cc3)ccc2N([S+]([O-])c2ccc(Br)c(F)c2)C1. The molecular formula is C24H20BrF4NOS. The molecule has 0 fully saturated rings. The molecule has 0 spiro atoms. The Labute approximate surface area is 195 Å². The molecule has 168 valence electrons. The van der Waals surface area contributed by atoms with Crippen LogP contribution in [-0.2, 0) is 24.0 Å². The standard InChI is InChI=1S/C24H20BrF4NOS/c1-23(2)13-17-11-16(15-3-6-18(7-4-15)24(27,28)29)5-10-22(17)30(14-23)32(31)19-8-9-20(25)21(26)12-19/h3-12H,13-14H2,1-2H3. The van der Waals surface area contributed by atoms with Gasteiger partial charge in [-0.15, -0.1) is 0 Å². The van der Waals surface area contributed by atoms with Gasteiger partial charge in [-0.1, -0.05) is 32.0 Å². The minimum atomic E-state index is -4.38. The molecule has 1 aliphatic heterocycles. The number of benzene rings is 3. The molecule has 0 saturated heterocycles. The fourth-order valence-electron chi connectivity index (χ4n) is 3.91. The highest BCUT2D eigenvalue weighted by Crippen LogP contribution is 2.41. The van der Waals surface area contributed by atoms with E-state index in [2.05, 4.69) is 29.8 Å². The molecule has 4 rings (SSSR count). The van der Waals surface area contributed by atoms with Crippen molar-refractivity contribution < 1.29 is 22.1 Å². The summed E-state index contributed by atoms with van der Waals surface area (Å²) < 4.78 is 68.1. The minimum Gasteiger partial charge on any atom is -0.588 e. The van der Waals surface area contributed by atoms with Gasteiger partial charge in [0.1, 0.15) is 17.2 Å². The molecular weight excluding hydrogens is 506 g/mol. The molecule has 1 aliphatic rings. The normalized spacial score (nSPS) is 16.6. The molecule has 0 aliphatic carbocycles. The van der Waals surface area contributed by atoms with Gasteiger partial charge in [-0.3, -0.25) is 0 Å². The van der Waals surface area contributed by atoms with Crippen LogP contribution in [0.5, 0.6) is 0 Å². The number of alkyl halides is 3. The molecule has 32 heavy (non-hydrogen) atoms. The van der Waals surface area contributed by atoms with E-state index in [1.807, 2.05) is 18.2 Å². The van der Waals surface area contributed by atoms with Crippen LogP contribution in [0.2, 0.25) is 0 Å². The summed E-state index contributed by atoms with van der Waals surface area (Å²) in [6.45, 7) is 4.64. The van der Waals surface area contributed by atoms with E-state index in [0.717, 1.165) is 35.4 Å². The lowest BCUT2D eigenvalue weighted by molar-refractivity contribution is -0.137. The summed E-state index contributed by atoms with van der Waals surface area (Å²) in [6.07, 6.45) is -3.66. The second kappa shape index (κ2) is 8.39. The highest BCUT2D eigenvalue weighted by atomic mass is 79.9. The van der Waals surface area contributed by atoms with Crippen LogP contribution >= 0.6 is 15.9 Å². The van der Waals surface area contributed by atoms with Gasteiger partial charge in [0, 0.05) is 6.07 Å². The predicted molar refractivity (Wildman–Crippen MR) is 122 cm³/mol. The van der Waals surface area contributed by atoms with E-state index < -0.39 is 28.9 Å².